The lowest BCUT2D eigenvalue weighted by atomic mass is 10.2. The first-order valence-corrected chi connectivity index (χ1v) is 10.2. The maximum atomic E-state index is 6.27. The van der Waals surface area contributed by atoms with E-state index in [4.69, 9.17) is 49.1 Å². The van der Waals surface area contributed by atoms with Gasteiger partial charge in [-0.1, -0.05) is 40.0 Å². The largest absolute Gasteiger partial charge is 0.491 e. The zero-order chi connectivity index (χ0) is 19.4. The zero-order valence-corrected chi connectivity index (χ0v) is 18.7. The van der Waals surface area contributed by atoms with Crippen LogP contribution in [-0.4, -0.2) is 25.5 Å². The minimum Gasteiger partial charge on any atom is -0.491 e. The average Bonchev–Trinajstić information content (AvgIpc) is 2.54. The second-order valence-corrected chi connectivity index (χ2v) is 7.92. The highest BCUT2D eigenvalue weighted by Gasteiger charge is 2.10. The van der Waals surface area contributed by atoms with Crippen LogP contribution in [-0.2, 0) is 4.84 Å². The van der Waals surface area contributed by atoms with Crippen molar-refractivity contribution in [1.82, 2.24) is 0 Å². The van der Waals surface area contributed by atoms with Crippen LogP contribution < -0.4 is 9.47 Å². The van der Waals surface area contributed by atoms with Crippen molar-refractivity contribution < 1.29 is 14.3 Å². The van der Waals surface area contributed by atoms with Gasteiger partial charge in [0, 0.05) is 6.07 Å². The summed E-state index contributed by atoms with van der Waals surface area (Å²) in [6.45, 7) is 5.32. The lowest BCUT2D eigenvalue weighted by Gasteiger charge is -2.12. The Kier molecular flexibility index (Phi) is 12.2. The number of benzene rings is 1. The van der Waals surface area contributed by atoms with Crippen molar-refractivity contribution in [3.8, 4) is 11.5 Å². The molecule has 0 N–H and O–H groups in total. The fourth-order valence-corrected chi connectivity index (χ4v) is 2.99. The van der Waals surface area contributed by atoms with Gasteiger partial charge in [0.1, 0.15) is 23.5 Å². The van der Waals surface area contributed by atoms with Crippen molar-refractivity contribution in [2.45, 2.75) is 39.5 Å². The Morgan fingerprint density at radius 1 is 1.08 bits per heavy atom. The SMILES string of the molecule is CC(C)=NOCCCCCCOc1c(Cl)cc(OCC=C(Cl)Cl)cc1Br. The predicted molar refractivity (Wildman–Crippen MR) is 113 cm³/mol. The van der Waals surface area contributed by atoms with Crippen molar-refractivity contribution in [2.75, 3.05) is 19.8 Å². The Bertz CT molecular complexity index is 593. The molecule has 0 bridgehead atoms. The molecule has 0 fully saturated rings. The van der Waals surface area contributed by atoms with E-state index < -0.39 is 0 Å². The van der Waals surface area contributed by atoms with Crippen molar-refractivity contribution in [3.63, 3.8) is 0 Å². The van der Waals surface area contributed by atoms with Crippen LogP contribution in [0.25, 0.3) is 0 Å². The van der Waals surface area contributed by atoms with Crippen LogP contribution in [0.5, 0.6) is 11.5 Å². The van der Waals surface area contributed by atoms with Gasteiger partial charge < -0.3 is 14.3 Å². The van der Waals surface area contributed by atoms with Crippen LogP contribution in [0.15, 0.2) is 32.3 Å². The van der Waals surface area contributed by atoms with E-state index in [-0.39, 0.29) is 11.1 Å². The molecule has 146 valence electrons. The second kappa shape index (κ2) is 13.5. The summed E-state index contributed by atoms with van der Waals surface area (Å²) in [5, 5.41) is 4.38. The monoisotopic (exact) mass is 485 g/mol. The Hall–Kier alpha value is -0.620. The first-order chi connectivity index (χ1) is 12.4. The zero-order valence-electron chi connectivity index (χ0n) is 14.9. The van der Waals surface area contributed by atoms with Gasteiger partial charge in [-0.15, -0.1) is 0 Å². The lowest BCUT2D eigenvalue weighted by molar-refractivity contribution is 0.139. The summed E-state index contributed by atoms with van der Waals surface area (Å²) in [7, 11) is 0. The van der Waals surface area contributed by atoms with E-state index in [9.17, 15) is 0 Å². The highest BCUT2D eigenvalue weighted by Crippen LogP contribution is 2.37. The number of hydrogen-bond donors (Lipinski definition) is 0. The quantitative estimate of drug-likeness (QED) is 0.179. The Labute approximate surface area is 178 Å². The summed E-state index contributed by atoms with van der Waals surface area (Å²) in [5.41, 5.74) is 0.927. The lowest BCUT2D eigenvalue weighted by Crippen LogP contribution is -2.00. The molecule has 0 heterocycles. The fourth-order valence-electron chi connectivity index (χ4n) is 1.93. The summed E-state index contributed by atoms with van der Waals surface area (Å²) < 4.78 is 12.2. The van der Waals surface area contributed by atoms with Crippen LogP contribution in [0.3, 0.4) is 0 Å². The van der Waals surface area contributed by atoms with Gasteiger partial charge in [-0.2, -0.15) is 0 Å². The molecule has 0 aliphatic heterocycles. The molecule has 4 nitrogen and oxygen atoms in total. The summed E-state index contributed by atoms with van der Waals surface area (Å²) in [4.78, 5) is 5.16. The van der Waals surface area contributed by atoms with Gasteiger partial charge in [0.25, 0.3) is 0 Å². The number of rotatable bonds is 12. The number of halogens is 4. The van der Waals surface area contributed by atoms with Gasteiger partial charge in [0.05, 0.1) is 21.8 Å². The smallest absolute Gasteiger partial charge is 0.152 e. The van der Waals surface area contributed by atoms with Crippen LogP contribution in [0.2, 0.25) is 5.02 Å². The van der Waals surface area contributed by atoms with E-state index in [0.29, 0.717) is 29.7 Å². The minimum atomic E-state index is 0.162. The van der Waals surface area contributed by atoms with Crippen molar-refractivity contribution in [2.24, 2.45) is 5.16 Å². The maximum absolute atomic E-state index is 6.27. The average molecular weight is 488 g/mol. The van der Waals surface area contributed by atoms with E-state index >= 15 is 0 Å². The molecule has 26 heavy (non-hydrogen) atoms. The molecule has 0 saturated heterocycles. The molecule has 1 aromatic carbocycles. The van der Waals surface area contributed by atoms with Gasteiger partial charge in [-0.3, -0.25) is 0 Å². The second-order valence-electron chi connectivity index (χ2n) is 5.66. The van der Waals surface area contributed by atoms with E-state index in [2.05, 4.69) is 21.1 Å². The maximum Gasteiger partial charge on any atom is 0.152 e. The van der Waals surface area contributed by atoms with Crippen LogP contribution in [0.4, 0.5) is 0 Å². The number of oxime groups is 1. The molecule has 1 rings (SSSR count). The standard InChI is InChI=1S/C18H23BrCl3NO3/c1-13(2)23-26-9-6-4-3-5-8-25-18-15(19)11-14(12-16(18)20)24-10-7-17(21)22/h7,11-12H,3-6,8-10H2,1-2H3. The van der Waals surface area contributed by atoms with Gasteiger partial charge in [-0.25, -0.2) is 0 Å². The third-order valence-electron chi connectivity index (χ3n) is 3.08. The van der Waals surface area contributed by atoms with Crippen LogP contribution in [0.1, 0.15) is 39.5 Å². The fraction of sp³-hybridized carbons (Fsp3) is 0.500. The predicted octanol–water partition coefficient (Wildman–Crippen LogP) is 7.15. The van der Waals surface area contributed by atoms with Gasteiger partial charge in [0.15, 0.2) is 5.75 Å². The van der Waals surface area contributed by atoms with Gasteiger partial charge >= 0.3 is 0 Å². The first kappa shape index (κ1) is 23.4. The molecule has 8 heteroatoms. The van der Waals surface area contributed by atoms with E-state index in [1.807, 2.05) is 13.8 Å². The van der Waals surface area contributed by atoms with E-state index in [1.165, 1.54) is 0 Å². The highest BCUT2D eigenvalue weighted by atomic mass is 79.9. The van der Waals surface area contributed by atoms with Crippen LogP contribution in [0, 0.1) is 0 Å². The molecule has 1 aromatic rings. The third kappa shape index (κ3) is 10.5. The van der Waals surface area contributed by atoms with Crippen molar-refractivity contribution in [3.05, 3.63) is 32.2 Å². The molecular formula is C18H23BrCl3NO3. The topological polar surface area (TPSA) is 40.0 Å². The molecule has 0 spiro atoms. The molecule has 0 amide bonds. The molecule has 0 saturated carbocycles. The molecule has 0 aliphatic carbocycles. The number of ether oxygens (including phenoxy) is 2. The Morgan fingerprint density at radius 2 is 1.77 bits per heavy atom. The number of unbranched alkanes of at least 4 members (excludes halogenated alkanes) is 3. The molecule has 0 unspecified atom stereocenters. The molecule has 0 aliphatic rings. The number of hydrogen-bond acceptors (Lipinski definition) is 4. The van der Waals surface area contributed by atoms with Crippen molar-refractivity contribution in [1.29, 1.82) is 0 Å². The summed E-state index contributed by atoms with van der Waals surface area (Å²) in [5.74, 6) is 1.21. The Morgan fingerprint density at radius 3 is 2.38 bits per heavy atom. The van der Waals surface area contributed by atoms with E-state index in [1.54, 1.807) is 18.2 Å². The molecule has 0 aromatic heterocycles. The summed E-state index contributed by atoms with van der Waals surface area (Å²) in [6, 6.07) is 3.50. The normalized spacial score (nSPS) is 10.2. The van der Waals surface area contributed by atoms with Gasteiger partial charge in [0.2, 0.25) is 0 Å². The summed E-state index contributed by atoms with van der Waals surface area (Å²) in [6.07, 6.45) is 5.60. The molecular weight excluding hydrogens is 464 g/mol. The minimum absolute atomic E-state index is 0.162. The Balaban J connectivity index is 2.30. The van der Waals surface area contributed by atoms with Crippen molar-refractivity contribution >= 4 is 56.4 Å². The highest BCUT2D eigenvalue weighted by molar-refractivity contribution is 9.10. The summed E-state index contributed by atoms with van der Waals surface area (Å²) >= 11 is 20.8. The molecule has 0 radical (unpaired) electrons. The first-order valence-electron chi connectivity index (χ1n) is 8.29. The van der Waals surface area contributed by atoms with E-state index in [0.717, 1.165) is 35.9 Å². The van der Waals surface area contributed by atoms with Crippen LogP contribution >= 0.6 is 50.7 Å². The third-order valence-corrected chi connectivity index (χ3v) is 4.26. The molecule has 0 atom stereocenters. The number of nitrogens with zero attached hydrogens (tertiary/aromatic N) is 1. The van der Waals surface area contributed by atoms with Gasteiger partial charge in [-0.05, 0) is 67.6 Å².